The third kappa shape index (κ3) is 7.62. The molecule has 1 aliphatic rings. The van der Waals surface area contributed by atoms with Crippen molar-refractivity contribution in [3.8, 4) is 0 Å². The number of hydrogen-bond donors (Lipinski definition) is 2. The van der Waals surface area contributed by atoms with Gasteiger partial charge in [-0.2, -0.15) is 0 Å². The monoisotopic (exact) mass is 482 g/mol. The first-order valence-corrected chi connectivity index (χ1v) is 9.79. The summed E-state index contributed by atoms with van der Waals surface area (Å²) in [6.07, 6.45) is 6.44. The number of guanidine groups is 1. The van der Waals surface area contributed by atoms with E-state index in [1.807, 2.05) is 12.3 Å². The zero-order valence-corrected chi connectivity index (χ0v) is 18.4. The summed E-state index contributed by atoms with van der Waals surface area (Å²) < 4.78 is 5.66. The van der Waals surface area contributed by atoms with E-state index in [-0.39, 0.29) is 24.0 Å². The number of hydrogen-bond acceptors (Lipinski definition) is 3. The van der Waals surface area contributed by atoms with Gasteiger partial charge in [-0.25, -0.2) is 0 Å². The van der Waals surface area contributed by atoms with Crippen LogP contribution >= 0.6 is 24.0 Å². The second-order valence-corrected chi connectivity index (χ2v) is 6.80. The van der Waals surface area contributed by atoms with Crippen molar-refractivity contribution >= 4 is 40.8 Å². The molecule has 5 nitrogen and oxygen atoms in total. The van der Waals surface area contributed by atoms with Crippen LogP contribution in [0.25, 0.3) is 10.9 Å². The van der Waals surface area contributed by atoms with Gasteiger partial charge in [0.1, 0.15) is 0 Å². The Morgan fingerprint density at radius 1 is 1.22 bits per heavy atom. The van der Waals surface area contributed by atoms with Gasteiger partial charge in [0.2, 0.25) is 0 Å². The summed E-state index contributed by atoms with van der Waals surface area (Å²) in [5, 5.41) is 7.92. The number of para-hydroxylation sites is 1. The molecule has 0 aliphatic heterocycles. The Hall–Kier alpha value is -1.41. The maximum atomic E-state index is 5.66. The minimum absolute atomic E-state index is 0. The molecular weight excluding hydrogens is 451 g/mol. The number of halogens is 1. The predicted molar refractivity (Wildman–Crippen MR) is 123 cm³/mol. The molecule has 1 heterocycles. The van der Waals surface area contributed by atoms with Crippen molar-refractivity contribution in [1.29, 1.82) is 0 Å². The van der Waals surface area contributed by atoms with Crippen LogP contribution in [0.5, 0.6) is 0 Å². The maximum Gasteiger partial charge on any atom is 0.191 e. The molecule has 0 spiro atoms. The molecule has 1 aromatic heterocycles. The largest absolute Gasteiger partial charge is 0.381 e. The molecule has 0 radical (unpaired) electrons. The number of ether oxygens (including phenoxy) is 1. The van der Waals surface area contributed by atoms with Gasteiger partial charge in [0, 0.05) is 44.4 Å². The first-order valence-electron chi connectivity index (χ1n) is 9.79. The summed E-state index contributed by atoms with van der Waals surface area (Å²) >= 11 is 0. The lowest BCUT2D eigenvalue weighted by molar-refractivity contribution is 0.123. The molecule has 0 bridgehead atoms. The van der Waals surface area contributed by atoms with Crippen LogP contribution in [-0.4, -0.2) is 43.8 Å². The number of pyridine rings is 1. The Bertz CT molecular complexity index is 713. The van der Waals surface area contributed by atoms with E-state index in [1.54, 1.807) is 0 Å². The van der Waals surface area contributed by atoms with E-state index in [1.165, 1.54) is 23.8 Å². The second kappa shape index (κ2) is 12.1. The fourth-order valence-corrected chi connectivity index (χ4v) is 2.92. The normalized spacial score (nSPS) is 14.0. The van der Waals surface area contributed by atoms with E-state index in [0.717, 1.165) is 63.1 Å². The fraction of sp³-hybridized carbons (Fsp3) is 0.524. The molecule has 3 rings (SSSR count). The molecule has 1 saturated carbocycles. The van der Waals surface area contributed by atoms with E-state index in [4.69, 9.17) is 4.74 Å². The van der Waals surface area contributed by atoms with Gasteiger partial charge in [0.15, 0.2) is 5.96 Å². The van der Waals surface area contributed by atoms with Crippen LogP contribution in [0, 0.1) is 5.92 Å². The van der Waals surface area contributed by atoms with Crippen LogP contribution in [0.3, 0.4) is 0 Å². The summed E-state index contributed by atoms with van der Waals surface area (Å²) in [6, 6.07) is 10.4. The minimum Gasteiger partial charge on any atom is -0.381 e. The van der Waals surface area contributed by atoms with Crippen molar-refractivity contribution in [2.24, 2.45) is 10.9 Å². The lowest BCUT2D eigenvalue weighted by atomic mass is 10.1. The van der Waals surface area contributed by atoms with Gasteiger partial charge in [0.25, 0.3) is 0 Å². The highest BCUT2D eigenvalue weighted by molar-refractivity contribution is 14.0. The van der Waals surface area contributed by atoms with Gasteiger partial charge in [-0.1, -0.05) is 24.3 Å². The van der Waals surface area contributed by atoms with E-state index in [9.17, 15) is 0 Å². The van der Waals surface area contributed by atoms with E-state index in [0.29, 0.717) is 0 Å². The third-order valence-corrected chi connectivity index (χ3v) is 4.51. The summed E-state index contributed by atoms with van der Waals surface area (Å²) in [7, 11) is 0. The Balaban J connectivity index is 0.00000261. The molecule has 6 heteroatoms. The molecule has 0 amide bonds. The molecule has 0 atom stereocenters. The summed E-state index contributed by atoms with van der Waals surface area (Å²) in [5.74, 6) is 1.71. The van der Waals surface area contributed by atoms with Gasteiger partial charge < -0.3 is 15.4 Å². The highest BCUT2D eigenvalue weighted by atomic mass is 127. The zero-order chi connectivity index (χ0) is 18.0. The summed E-state index contributed by atoms with van der Waals surface area (Å²) in [5.41, 5.74) is 2.35. The van der Waals surface area contributed by atoms with Crippen molar-refractivity contribution < 1.29 is 4.74 Å². The Kier molecular flexibility index (Phi) is 9.83. The minimum atomic E-state index is 0. The average Bonchev–Trinajstić information content (AvgIpc) is 3.49. The van der Waals surface area contributed by atoms with Crippen molar-refractivity contribution in [2.45, 2.75) is 32.6 Å². The fourth-order valence-electron chi connectivity index (χ4n) is 2.92. The van der Waals surface area contributed by atoms with Gasteiger partial charge in [-0.3, -0.25) is 9.98 Å². The standard InChI is InChI=1S/C21H30N4O.HI/c1-2-22-21(24-13-5-15-26-16-17-9-10-17)25-14-11-19-7-3-6-18-8-4-12-23-20(18)19;/h3-4,6-8,12,17H,2,5,9-11,13-16H2,1H3,(H2,22,24,25);1H. The summed E-state index contributed by atoms with van der Waals surface area (Å²) in [4.78, 5) is 9.16. The first kappa shape index (κ1) is 21.9. The van der Waals surface area contributed by atoms with Crippen LogP contribution in [0.2, 0.25) is 0 Å². The number of aromatic nitrogens is 1. The van der Waals surface area contributed by atoms with Crippen LogP contribution in [0.1, 0.15) is 31.7 Å². The van der Waals surface area contributed by atoms with Gasteiger partial charge in [-0.05, 0) is 50.2 Å². The number of benzene rings is 1. The number of nitrogens with zero attached hydrogens (tertiary/aromatic N) is 2. The molecule has 1 aliphatic carbocycles. The highest BCUT2D eigenvalue weighted by Gasteiger charge is 2.20. The molecule has 0 saturated heterocycles. The Morgan fingerprint density at radius 2 is 2.07 bits per heavy atom. The number of rotatable bonds is 10. The van der Waals surface area contributed by atoms with Crippen molar-refractivity contribution in [3.63, 3.8) is 0 Å². The molecule has 27 heavy (non-hydrogen) atoms. The molecule has 2 N–H and O–H groups in total. The molecular formula is C21H31IN4O. The third-order valence-electron chi connectivity index (χ3n) is 4.51. The first-order chi connectivity index (χ1) is 12.9. The quantitative estimate of drug-likeness (QED) is 0.234. The average molecular weight is 482 g/mol. The van der Waals surface area contributed by atoms with Gasteiger partial charge >= 0.3 is 0 Å². The van der Waals surface area contributed by atoms with E-state index < -0.39 is 0 Å². The molecule has 1 fully saturated rings. The van der Waals surface area contributed by atoms with Crippen molar-refractivity contribution in [2.75, 3.05) is 32.8 Å². The topological polar surface area (TPSA) is 58.5 Å². The number of aliphatic imine (C=N–C) groups is 1. The molecule has 2 aromatic rings. The highest BCUT2D eigenvalue weighted by Crippen LogP contribution is 2.28. The van der Waals surface area contributed by atoms with Crippen LogP contribution in [0.15, 0.2) is 41.5 Å². The predicted octanol–water partition coefficient (Wildman–Crippen LogP) is 3.77. The Labute approximate surface area is 179 Å². The van der Waals surface area contributed by atoms with Crippen molar-refractivity contribution in [1.82, 2.24) is 15.6 Å². The smallest absolute Gasteiger partial charge is 0.191 e. The zero-order valence-electron chi connectivity index (χ0n) is 16.1. The van der Waals surface area contributed by atoms with Crippen LogP contribution in [-0.2, 0) is 11.2 Å². The molecule has 148 valence electrons. The van der Waals surface area contributed by atoms with Gasteiger partial charge in [-0.15, -0.1) is 24.0 Å². The van der Waals surface area contributed by atoms with E-state index >= 15 is 0 Å². The molecule has 0 unspecified atom stereocenters. The lowest BCUT2D eigenvalue weighted by Gasteiger charge is -2.12. The lowest BCUT2D eigenvalue weighted by Crippen LogP contribution is -2.38. The number of fused-ring (bicyclic) bond motifs is 1. The summed E-state index contributed by atoms with van der Waals surface area (Å²) in [6.45, 7) is 6.31. The van der Waals surface area contributed by atoms with Crippen LogP contribution < -0.4 is 10.6 Å². The SMILES string of the molecule is CCNC(=NCCCOCC1CC1)NCCc1cccc2cccnc12.I. The number of nitrogens with one attached hydrogen (secondary N) is 2. The van der Waals surface area contributed by atoms with Crippen molar-refractivity contribution in [3.05, 3.63) is 42.1 Å². The Morgan fingerprint density at radius 3 is 2.89 bits per heavy atom. The van der Waals surface area contributed by atoms with Gasteiger partial charge in [0.05, 0.1) is 5.52 Å². The van der Waals surface area contributed by atoms with E-state index in [2.05, 4.69) is 51.8 Å². The van der Waals surface area contributed by atoms with Crippen LogP contribution in [0.4, 0.5) is 0 Å². The second-order valence-electron chi connectivity index (χ2n) is 6.80. The molecule has 1 aromatic carbocycles. The maximum absolute atomic E-state index is 5.66.